The van der Waals surface area contributed by atoms with Gasteiger partial charge in [-0.3, -0.25) is 9.59 Å². The van der Waals surface area contributed by atoms with E-state index in [1.807, 2.05) is 0 Å². The van der Waals surface area contributed by atoms with Crippen LogP contribution in [-0.4, -0.2) is 36.7 Å². The fourth-order valence-electron chi connectivity index (χ4n) is 1.83. The van der Waals surface area contributed by atoms with Gasteiger partial charge in [0.25, 0.3) is 0 Å². The van der Waals surface area contributed by atoms with E-state index < -0.39 is 27.3 Å². The highest BCUT2D eigenvalue weighted by molar-refractivity contribution is 7.91. The Labute approximate surface area is 124 Å². The summed E-state index contributed by atoms with van der Waals surface area (Å²) in [5.41, 5.74) is -0.917. The number of benzene rings is 1. The first-order valence-corrected chi connectivity index (χ1v) is 8.08. The minimum Gasteiger partial charge on any atom is -0.481 e. The lowest BCUT2D eigenvalue weighted by atomic mass is 10.0. The van der Waals surface area contributed by atoms with E-state index in [4.69, 9.17) is 5.11 Å². The molecule has 0 aromatic heterocycles. The van der Waals surface area contributed by atoms with Crippen LogP contribution in [0.15, 0.2) is 35.2 Å². The molecule has 0 atom stereocenters. The molecule has 1 amide bonds. The quantitative estimate of drug-likeness (QED) is 0.788. The molecule has 0 aliphatic heterocycles. The van der Waals surface area contributed by atoms with Crippen molar-refractivity contribution in [1.29, 1.82) is 0 Å². The molecule has 0 heterocycles. The van der Waals surface area contributed by atoms with Crippen molar-refractivity contribution < 1.29 is 23.1 Å². The SMILES string of the molecule is CC(C)(CC(=O)O)NC(=O)CCS(=O)(=O)c1ccccc1. The van der Waals surface area contributed by atoms with E-state index in [0.29, 0.717) is 0 Å². The summed E-state index contributed by atoms with van der Waals surface area (Å²) in [7, 11) is -3.51. The molecule has 7 heteroatoms. The van der Waals surface area contributed by atoms with Gasteiger partial charge in [0, 0.05) is 12.0 Å². The fraction of sp³-hybridized carbons (Fsp3) is 0.429. The molecule has 0 radical (unpaired) electrons. The molecule has 0 bridgehead atoms. The number of carboxylic acid groups (broad SMARTS) is 1. The molecule has 0 aliphatic rings. The van der Waals surface area contributed by atoms with Crippen molar-refractivity contribution >= 4 is 21.7 Å². The molecule has 1 rings (SSSR count). The Balaban J connectivity index is 2.59. The molecule has 6 nitrogen and oxygen atoms in total. The molecule has 0 unspecified atom stereocenters. The molecule has 21 heavy (non-hydrogen) atoms. The number of carbonyl (C=O) groups excluding carboxylic acids is 1. The zero-order valence-electron chi connectivity index (χ0n) is 12.0. The van der Waals surface area contributed by atoms with Gasteiger partial charge in [-0.2, -0.15) is 0 Å². The Morgan fingerprint density at radius 2 is 1.76 bits per heavy atom. The summed E-state index contributed by atoms with van der Waals surface area (Å²) in [6.07, 6.45) is -0.440. The van der Waals surface area contributed by atoms with E-state index in [2.05, 4.69) is 5.32 Å². The van der Waals surface area contributed by atoms with Crippen LogP contribution < -0.4 is 5.32 Å². The molecule has 116 valence electrons. The standard InChI is InChI=1S/C14H19NO5S/c1-14(2,10-13(17)18)15-12(16)8-9-21(19,20)11-6-4-3-5-7-11/h3-7H,8-10H2,1-2H3,(H,15,16)(H,17,18). The van der Waals surface area contributed by atoms with Crippen LogP contribution >= 0.6 is 0 Å². The molecular weight excluding hydrogens is 294 g/mol. The highest BCUT2D eigenvalue weighted by Crippen LogP contribution is 2.12. The zero-order valence-corrected chi connectivity index (χ0v) is 12.8. The second kappa shape index (κ2) is 6.71. The van der Waals surface area contributed by atoms with Gasteiger partial charge in [0.1, 0.15) is 0 Å². The fourth-order valence-corrected chi connectivity index (χ4v) is 3.10. The van der Waals surface area contributed by atoms with Crippen LogP contribution in [0.2, 0.25) is 0 Å². The van der Waals surface area contributed by atoms with Crippen LogP contribution in [-0.2, 0) is 19.4 Å². The maximum atomic E-state index is 12.0. The Morgan fingerprint density at radius 3 is 2.29 bits per heavy atom. The average molecular weight is 313 g/mol. The summed E-state index contributed by atoms with van der Waals surface area (Å²) in [5.74, 6) is -1.83. The van der Waals surface area contributed by atoms with Crippen molar-refractivity contribution in [3.05, 3.63) is 30.3 Å². The van der Waals surface area contributed by atoms with E-state index in [0.717, 1.165) is 0 Å². The monoisotopic (exact) mass is 313 g/mol. The summed E-state index contributed by atoms with van der Waals surface area (Å²) >= 11 is 0. The van der Waals surface area contributed by atoms with E-state index in [9.17, 15) is 18.0 Å². The Hall–Kier alpha value is -1.89. The van der Waals surface area contributed by atoms with Crippen LogP contribution in [0, 0.1) is 0 Å². The van der Waals surface area contributed by atoms with Crippen LogP contribution in [0.3, 0.4) is 0 Å². The van der Waals surface area contributed by atoms with Gasteiger partial charge in [0.05, 0.1) is 17.1 Å². The number of aliphatic carboxylic acids is 1. The molecule has 2 N–H and O–H groups in total. The van der Waals surface area contributed by atoms with E-state index in [-0.39, 0.29) is 23.5 Å². The van der Waals surface area contributed by atoms with Gasteiger partial charge < -0.3 is 10.4 Å². The normalized spacial score (nSPS) is 11.9. The van der Waals surface area contributed by atoms with Crippen LogP contribution in [0.4, 0.5) is 0 Å². The number of rotatable bonds is 7. The predicted molar refractivity (Wildman–Crippen MR) is 77.6 cm³/mol. The van der Waals surface area contributed by atoms with Gasteiger partial charge in [0.2, 0.25) is 5.91 Å². The Morgan fingerprint density at radius 1 is 1.19 bits per heavy atom. The highest BCUT2D eigenvalue weighted by Gasteiger charge is 2.24. The van der Waals surface area contributed by atoms with Crippen LogP contribution in [0.25, 0.3) is 0 Å². The summed E-state index contributed by atoms with van der Waals surface area (Å²) in [6.45, 7) is 3.15. The number of amides is 1. The summed E-state index contributed by atoms with van der Waals surface area (Å²) < 4.78 is 24.0. The third-order valence-corrected chi connectivity index (χ3v) is 4.50. The molecule has 0 saturated heterocycles. The number of nitrogens with one attached hydrogen (secondary N) is 1. The minimum absolute atomic E-state index is 0.169. The first kappa shape index (κ1) is 17.2. The first-order chi connectivity index (χ1) is 9.62. The van der Waals surface area contributed by atoms with Gasteiger partial charge in [-0.05, 0) is 26.0 Å². The number of carboxylic acids is 1. The van der Waals surface area contributed by atoms with E-state index in [1.165, 1.54) is 12.1 Å². The van der Waals surface area contributed by atoms with Gasteiger partial charge in [-0.15, -0.1) is 0 Å². The molecule has 0 saturated carbocycles. The van der Waals surface area contributed by atoms with Crippen molar-refractivity contribution in [3.63, 3.8) is 0 Å². The lowest BCUT2D eigenvalue weighted by Crippen LogP contribution is -2.45. The topological polar surface area (TPSA) is 101 Å². The van der Waals surface area contributed by atoms with E-state index in [1.54, 1.807) is 32.0 Å². The lowest BCUT2D eigenvalue weighted by molar-refractivity contribution is -0.138. The van der Waals surface area contributed by atoms with Crippen molar-refractivity contribution in [2.75, 3.05) is 5.75 Å². The summed E-state index contributed by atoms with van der Waals surface area (Å²) in [4.78, 5) is 22.6. The van der Waals surface area contributed by atoms with Gasteiger partial charge >= 0.3 is 5.97 Å². The minimum atomic E-state index is -3.51. The van der Waals surface area contributed by atoms with E-state index >= 15 is 0 Å². The smallest absolute Gasteiger partial charge is 0.305 e. The summed E-state index contributed by atoms with van der Waals surface area (Å²) in [6, 6.07) is 7.88. The molecule has 0 spiro atoms. The van der Waals surface area contributed by atoms with Crippen molar-refractivity contribution in [2.24, 2.45) is 0 Å². The third-order valence-electron chi connectivity index (χ3n) is 2.77. The maximum Gasteiger partial charge on any atom is 0.305 e. The molecular formula is C14H19NO5S. The van der Waals surface area contributed by atoms with Gasteiger partial charge in [-0.1, -0.05) is 18.2 Å². The molecule has 0 aliphatic carbocycles. The molecule has 1 aromatic rings. The number of sulfone groups is 1. The lowest BCUT2D eigenvalue weighted by Gasteiger charge is -2.24. The molecule has 0 fully saturated rings. The first-order valence-electron chi connectivity index (χ1n) is 6.43. The second-order valence-electron chi connectivity index (χ2n) is 5.38. The van der Waals surface area contributed by atoms with Crippen LogP contribution in [0.1, 0.15) is 26.7 Å². The maximum absolute atomic E-state index is 12.0. The van der Waals surface area contributed by atoms with Crippen molar-refractivity contribution in [1.82, 2.24) is 5.32 Å². The Bertz CT molecular complexity index is 608. The number of carbonyl (C=O) groups is 2. The predicted octanol–water partition coefficient (Wildman–Crippen LogP) is 1.22. The van der Waals surface area contributed by atoms with Gasteiger partial charge in [0.15, 0.2) is 9.84 Å². The third kappa shape index (κ3) is 5.95. The number of hydrogen-bond donors (Lipinski definition) is 2. The largest absolute Gasteiger partial charge is 0.481 e. The molecule has 1 aromatic carbocycles. The summed E-state index contributed by atoms with van der Waals surface area (Å²) in [5, 5.41) is 11.3. The number of hydrogen-bond acceptors (Lipinski definition) is 4. The Kier molecular flexibility index (Phi) is 5.48. The van der Waals surface area contributed by atoms with Crippen molar-refractivity contribution in [2.45, 2.75) is 37.1 Å². The highest BCUT2D eigenvalue weighted by atomic mass is 32.2. The second-order valence-corrected chi connectivity index (χ2v) is 7.49. The van der Waals surface area contributed by atoms with Gasteiger partial charge in [-0.25, -0.2) is 8.42 Å². The average Bonchev–Trinajstić information content (AvgIpc) is 2.35. The van der Waals surface area contributed by atoms with Crippen LogP contribution in [0.5, 0.6) is 0 Å². The van der Waals surface area contributed by atoms with Crippen molar-refractivity contribution in [3.8, 4) is 0 Å². The zero-order chi connectivity index (χ0) is 16.1.